The van der Waals surface area contributed by atoms with Crippen LogP contribution in [-0.2, 0) is 9.53 Å². The monoisotopic (exact) mass is 355 g/mol. The first kappa shape index (κ1) is 19.2. The van der Waals surface area contributed by atoms with Gasteiger partial charge in [-0.3, -0.25) is 9.69 Å². The summed E-state index contributed by atoms with van der Waals surface area (Å²) in [5.74, 6) is 0.711. The molecule has 1 aromatic carbocycles. The summed E-state index contributed by atoms with van der Waals surface area (Å²) in [6.07, 6.45) is 8.97. The summed E-state index contributed by atoms with van der Waals surface area (Å²) < 4.78 is 5.79. The van der Waals surface area contributed by atoms with Gasteiger partial charge in [0.25, 0.3) is 0 Å². The number of ether oxygens (including phenoxy) is 1. The smallest absolute Gasteiger partial charge is 0.314 e. The van der Waals surface area contributed by atoms with Crippen molar-refractivity contribution < 1.29 is 9.53 Å². The molecule has 0 unspecified atom stereocenters. The van der Waals surface area contributed by atoms with Crippen LogP contribution in [0.4, 0.5) is 0 Å². The predicted molar refractivity (Wildman–Crippen MR) is 106 cm³/mol. The molecule has 26 heavy (non-hydrogen) atoms. The highest BCUT2D eigenvalue weighted by Gasteiger charge is 2.36. The van der Waals surface area contributed by atoms with Crippen LogP contribution in [-0.4, -0.2) is 36.1 Å². The van der Waals surface area contributed by atoms with Crippen molar-refractivity contribution in [3.8, 4) is 0 Å². The van der Waals surface area contributed by atoms with Crippen LogP contribution in [0.1, 0.15) is 57.9 Å². The second-order valence-electron chi connectivity index (χ2n) is 8.65. The Morgan fingerprint density at radius 1 is 1.31 bits per heavy atom. The Labute approximate surface area is 158 Å². The second-order valence-corrected chi connectivity index (χ2v) is 8.65. The molecule has 2 aliphatic rings. The van der Waals surface area contributed by atoms with E-state index in [1.165, 1.54) is 6.42 Å². The summed E-state index contributed by atoms with van der Waals surface area (Å²) in [4.78, 5) is 15.4. The van der Waals surface area contributed by atoms with Gasteiger partial charge in [0.2, 0.25) is 0 Å². The molecule has 1 aliphatic carbocycles. The molecule has 0 spiro atoms. The minimum absolute atomic E-state index is 0.0715. The van der Waals surface area contributed by atoms with Crippen molar-refractivity contribution in [2.24, 2.45) is 11.8 Å². The van der Waals surface area contributed by atoms with Crippen LogP contribution in [0.3, 0.4) is 0 Å². The van der Waals surface area contributed by atoms with Crippen molar-refractivity contribution in [3.05, 3.63) is 48.0 Å². The first-order valence-electron chi connectivity index (χ1n) is 10.1. The summed E-state index contributed by atoms with van der Waals surface area (Å²) in [6, 6.07) is 10.1. The first-order valence-corrected chi connectivity index (χ1v) is 10.1. The Kier molecular flexibility index (Phi) is 6.18. The van der Waals surface area contributed by atoms with Crippen LogP contribution < -0.4 is 0 Å². The molecular weight excluding hydrogens is 322 g/mol. The molecule has 0 N–H and O–H groups in total. The van der Waals surface area contributed by atoms with Gasteiger partial charge in [-0.15, -0.1) is 0 Å². The van der Waals surface area contributed by atoms with Gasteiger partial charge in [-0.25, -0.2) is 0 Å². The van der Waals surface area contributed by atoms with Gasteiger partial charge < -0.3 is 4.74 Å². The van der Waals surface area contributed by atoms with E-state index >= 15 is 0 Å². The molecule has 0 amide bonds. The van der Waals surface area contributed by atoms with E-state index < -0.39 is 0 Å². The molecular formula is C23H33NO2. The molecule has 142 valence electrons. The maximum Gasteiger partial charge on any atom is 0.314 e. The average Bonchev–Trinajstić information content (AvgIpc) is 2.88. The van der Waals surface area contributed by atoms with E-state index in [2.05, 4.69) is 50.0 Å². The fraction of sp³-hybridized carbons (Fsp3) is 0.609. The number of hydrogen-bond donors (Lipinski definition) is 0. The van der Waals surface area contributed by atoms with Gasteiger partial charge in [0, 0.05) is 18.6 Å². The van der Waals surface area contributed by atoms with Gasteiger partial charge in [-0.2, -0.15) is 0 Å². The van der Waals surface area contributed by atoms with Crippen molar-refractivity contribution in [2.75, 3.05) is 19.7 Å². The van der Waals surface area contributed by atoms with Crippen molar-refractivity contribution in [1.29, 1.82) is 0 Å². The molecule has 1 aromatic rings. The van der Waals surface area contributed by atoms with Gasteiger partial charge in [-0.05, 0) is 56.9 Å². The number of benzene rings is 1. The normalized spacial score (nSPS) is 26.6. The molecule has 3 atom stereocenters. The zero-order chi connectivity index (χ0) is 18.6. The van der Waals surface area contributed by atoms with Crippen LogP contribution in [0.15, 0.2) is 42.5 Å². The largest absolute Gasteiger partial charge is 0.464 e. The molecule has 0 aromatic heterocycles. The predicted octanol–water partition coefficient (Wildman–Crippen LogP) is 4.79. The number of likely N-dealkylation sites (tertiary alicyclic amines) is 1. The van der Waals surface area contributed by atoms with Crippen LogP contribution in [0.25, 0.3) is 0 Å². The third kappa shape index (κ3) is 4.56. The number of hydrogen-bond acceptors (Lipinski definition) is 3. The standard InChI is InChI=1S/C23H33NO2/c1-18-16-23(2,3)24(17-18)14-15-26-22(25)21(19-10-6-4-7-11-19)20-12-8-5-9-13-20/h4,6-8,10-12,18,20-21H,5,9,13-17H2,1-3H3/t18-,20+,21+/m1/s1. The molecule has 1 fully saturated rings. The van der Waals surface area contributed by atoms with Gasteiger partial charge in [0.1, 0.15) is 6.61 Å². The van der Waals surface area contributed by atoms with Crippen LogP contribution in [0.5, 0.6) is 0 Å². The van der Waals surface area contributed by atoms with E-state index in [1.807, 2.05) is 18.2 Å². The lowest BCUT2D eigenvalue weighted by Gasteiger charge is -2.31. The van der Waals surface area contributed by atoms with E-state index in [0.717, 1.165) is 37.9 Å². The lowest BCUT2D eigenvalue weighted by atomic mass is 9.80. The number of carbonyl (C=O) groups is 1. The number of rotatable bonds is 6. The minimum Gasteiger partial charge on any atom is -0.464 e. The van der Waals surface area contributed by atoms with Gasteiger partial charge >= 0.3 is 5.97 Å². The van der Waals surface area contributed by atoms with Gasteiger partial charge in [0.15, 0.2) is 0 Å². The van der Waals surface area contributed by atoms with E-state index in [4.69, 9.17) is 4.74 Å². The van der Waals surface area contributed by atoms with E-state index in [0.29, 0.717) is 12.5 Å². The Morgan fingerprint density at radius 3 is 2.69 bits per heavy atom. The van der Waals surface area contributed by atoms with Crippen LogP contribution in [0.2, 0.25) is 0 Å². The van der Waals surface area contributed by atoms with Gasteiger partial charge in [0.05, 0.1) is 5.92 Å². The zero-order valence-corrected chi connectivity index (χ0v) is 16.5. The van der Waals surface area contributed by atoms with Crippen molar-refractivity contribution in [2.45, 2.75) is 57.9 Å². The highest BCUT2D eigenvalue weighted by Crippen LogP contribution is 2.34. The highest BCUT2D eigenvalue weighted by molar-refractivity contribution is 5.79. The van der Waals surface area contributed by atoms with E-state index in [1.54, 1.807) is 0 Å². The Bertz CT molecular complexity index is 622. The number of carbonyl (C=O) groups excluding carboxylic acids is 1. The van der Waals surface area contributed by atoms with Crippen LogP contribution in [0, 0.1) is 11.8 Å². The summed E-state index contributed by atoms with van der Waals surface area (Å²) in [6.45, 7) is 9.28. The van der Waals surface area contributed by atoms with E-state index in [-0.39, 0.29) is 23.3 Å². The SMILES string of the molecule is C[C@H]1CN(CCOC(=O)[C@@H](c2ccccc2)[C@H]2C=CCCC2)C(C)(C)C1. The maximum atomic E-state index is 13.0. The van der Waals surface area contributed by atoms with Crippen molar-refractivity contribution in [3.63, 3.8) is 0 Å². The van der Waals surface area contributed by atoms with Crippen molar-refractivity contribution in [1.82, 2.24) is 4.90 Å². The number of nitrogens with zero attached hydrogens (tertiary/aromatic N) is 1. The molecule has 0 radical (unpaired) electrons. The van der Waals surface area contributed by atoms with Crippen molar-refractivity contribution >= 4 is 5.97 Å². The first-order chi connectivity index (χ1) is 12.5. The molecule has 1 heterocycles. The van der Waals surface area contributed by atoms with Gasteiger partial charge in [-0.1, -0.05) is 49.4 Å². The molecule has 1 saturated heterocycles. The zero-order valence-electron chi connectivity index (χ0n) is 16.5. The molecule has 1 aliphatic heterocycles. The Hall–Kier alpha value is -1.61. The number of allylic oxidation sites excluding steroid dienone is 2. The maximum absolute atomic E-state index is 13.0. The summed E-state index contributed by atoms with van der Waals surface area (Å²) in [5, 5.41) is 0. The van der Waals surface area contributed by atoms with Crippen LogP contribution >= 0.6 is 0 Å². The fourth-order valence-electron chi connectivity index (χ4n) is 4.74. The molecule has 3 rings (SSSR count). The molecule has 0 saturated carbocycles. The molecule has 3 heteroatoms. The molecule has 3 nitrogen and oxygen atoms in total. The third-order valence-corrected chi connectivity index (χ3v) is 5.97. The Balaban J connectivity index is 1.63. The summed E-state index contributed by atoms with van der Waals surface area (Å²) >= 11 is 0. The lowest BCUT2D eigenvalue weighted by Crippen LogP contribution is -2.40. The molecule has 0 bridgehead atoms. The second kappa shape index (κ2) is 8.39. The summed E-state index contributed by atoms with van der Waals surface area (Å²) in [5.41, 5.74) is 1.28. The average molecular weight is 356 g/mol. The Morgan fingerprint density at radius 2 is 2.08 bits per heavy atom. The quantitative estimate of drug-likeness (QED) is 0.543. The fourth-order valence-corrected chi connectivity index (χ4v) is 4.74. The van der Waals surface area contributed by atoms with E-state index in [9.17, 15) is 4.79 Å². The third-order valence-electron chi connectivity index (χ3n) is 5.97. The highest BCUT2D eigenvalue weighted by atomic mass is 16.5. The number of esters is 1. The lowest BCUT2D eigenvalue weighted by molar-refractivity contribution is -0.147. The summed E-state index contributed by atoms with van der Waals surface area (Å²) in [7, 11) is 0. The minimum atomic E-state index is -0.182. The topological polar surface area (TPSA) is 29.5 Å².